The number of pyridine rings is 1. The topological polar surface area (TPSA) is 12.9 Å². The normalized spacial score (nSPS) is 14.2. The van der Waals surface area contributed by atoms with Crippen molar-refractivity contribution in [1.29, 1.82) is 0 Å². The van der Waals surface area contributed by atoms with E-state index in [4.69, 9.17) is 0 Å². The molecule has 1 heteroatoms. The minimum Gasteiger partial charge on any atom is -0.265 e. The van der Waals surface area contributed by atoms with Crippen LogP contribution in [0, 0.1) is 10.8 Å². The lowest BCUT2D eigenvalue weighted by molar-refractivity contribution is 0.256. The molecule has 0 aliphatic carbocycles. The Labute approximate surface area is 162 Å². The summed E-state index contributed by atoms with van der Waals surface area (Å²) in [5.41, 5.74) is 3.43. The summed E-state index contributed by atoms with van der Waals surface area (Å²) in [4.78, 5) is 4.21. The van der Waals surface area contributed by atoms with E-state index in [1.807, 2.05) is 26.2 Å². The Morgan fingerprint density at radius 2 is 1.31 bits per heavy atom. The smallest absolute Gasteiger partial charge is 0.0270 e. The van der Waals surface area contributed by atoms with Crippen LogP contribution in [0.5, 0.6) is 0 Å². The first-order valence-electron chi connectivity index (χ1n) is 10.1. The second kappa shape index (κ2) is 9.90. The summed E-state index contributed by atoms with van der Waals surface area (Å²) in [5.74, 6) is 1.09. The fourth-order valence-electron chi connectivity index (χ4n) is 3.67. The third kappa shape index (κ3) is 7.32. The molecule has 0 bridgehead atoms. The van der Waals surface area contributed by atoms with Gasteiger partial charge < -0.3 is 0 Å². The van der Waals surface area contributed by atoms with E-state index in [9.17, 15) is 0 Å². The molecule has 0 saturated carbocycles. The number of nitrogens with zero attached hydrogens (tertiary/aromatic N) is 1. The summed E-state index contributed by atoms with van der Waals surface area (Å²) in [6, 6.07) is 15.4. The van der Waals surface area contributed by atoms with Gasteiger partial charge in [-0.25, -0.2) is 0 Å². The van der Waals surface area contributed by atoms with E-state index in [-0.39, 0.29) is 5.41 Å². The van der Waals surface area contributed by atoms with Gasteiger partial charge >= 0.3 is 0 Å². The number of hydrogen-bond donors (Lipinski definition) is 0. The van der Waals surface area contributed by atoms with Gasteiger partial charge in [0, 0.05) is 12.4 Å². The van der Waals surface area contributed by atoms with E-state index >= 15 is 0 Å². The first-order chi connectivity index (χ1) is 12.2. The molecule has 2 aromatic rings. The molecule has 2 rings (SSSR count). The molecule has 2 unspecified atom stereocenters. The molecule has 1 heterocycles. The molecule has 0 N–H and O–H groups in total. The van der Waals surface area contributed by atoms with Crippen LogP contribution in [0.25, 0.3) is 0 Å². The van der Waals surface area contributed by atoms with E-state index < -0.39 is 0 Å². The van der Waals surface area contributed by atoms with Crippen LogP contribution in [0.2, 0.25) is 0 Å². The highest BCUT2D eigenvalue weighted by Crippen LogP contribution is 2.45. The van der Waals surface area contributed by atoms with E-state index in [0.717, 1.165) is 0 Å². The summed E-state index contributed by atoms with van der Waals surface area (Å²) >= 11 is 0. The lowest BCUT2D eigenvalue weighted by atomic mass is 9.68. The molecule has 0 aliphatic heterocycles. The van der Waals surface area contributed by atoms with Crippen molar-refractivity contribution in [2.45, 2.75) is 80.1 Å². The molecule has 0 radical (unpaired) electrons. The summed E-state index contributed by atoms with van der Waals surface area (Å²) in [7, 11) is 0. The SMILES string of the molecule is CC.CC(C)(C)CC(CC(c1ccccc1)C(C)(C)C)c1ccncc1. The van der Waals surface area contributed by atoms with Gasteiger partial charge in [0.25, 0.3) is 0 Å². The van der Waals surface area contributed by atoms with Crippen molar-refractivity contribution in [1.82, 2.24) is 4.98 Å². The average Bonchev–Trinajstić information content (AvgIpc) is 2.60. The number of benzene rings is 1. The van der Waals surface area contributed by atoms with Gasteiger partial charge in [0.1, 0.15) is 0 Å². The summed E-state index contributed by atoms with van der Waals surface area (Å²) in [6.45, 7) is 18.1. The van der Waals surface area contributed by atoms with Crippen LogP contribution in [-0.4, -0.2) is 4.98 Å². The van der Waals surface area contributed by atoms with Crippen LogP contribution < -0.4 is 0 Å². The molecule has 0 saturated heterocycles. The summed E-state index contributed by atoms with van der Waals surface area (Å²) in [5, 5.41) is 0. The van der Waals surface area contributed by atoms with Crippen molar-refractivity contribution in [3.05, 3.63) is 66.0 Å². The van der Waals surface area contributed by atoms with Crippen molar-refractivity contribution >= 4 is 0 Å². The standard InChI is InChI=1S/C23H33N.C2H6/c1-22(2,3)17-20(18-12-14-24-15-13-18)16-21(23(4,5)6)19-10-8-7-9-11-19;1-2/h7-15,20-21H,16-17H2,1-6H3;1-2H3. The fourth-order valence-corrected chi connectivity index (χ4v) is 3.67. The van der Waals surface area contributed by atoms with Crippen molar-refractivity contribution < 1.29 is 0 Å². The Kier molecular flexibility index (Phi) is 8.53. The van der Waals surface area contributed by atoms with Crippen molar-refractivity contribution in [3.8, 4) is 0 Å². The predicted octanol–water partition coefficient (Wildman–Crippen LogP) is 7.85. The zero-order chi connectivity index (χ0) is 19.8. The zero-order valence-electron chi connectivity index (χ0n) is 18.2. The van der Waals surface area contributed by atoms with Crippen molar-refractivity contribution in [2.75, 3.05) is 0 Å². The minimum absolute atomic E-state index is 0.241. The second-order valence-corrected chi connectivity index (χ2v) is 9.31. The van der Waals surface area contributed by atoms with Gasteiger partial charge in [-0.15, -0.1) is 0 Å². The fraction of sp³-hybridized carbons (Fsp3) is 0.560. The van der Waals surface area contributed by atoms with Gasteiger partial charge in [-0.3, -0.25) is 4.98 Å². The van der Waals surface area contributed by atoms with Crippen molar-refractivity contribution in [3.63, 3.8) is 0 Å². The van der Waals surface area contributed by atoms with Crippen LogP contribution in [0.15, 0.2) is 54.9 Å². The van der Waals surface area contributed by atoms with Gasteiger partial charge in [-0.05, 0) is 58.8 Å². The maximum Gasteiger partial charge on any atom is 0.0270 e. The van der Waals surface area contributed by atoms with Crippen LogP contribution in [0.4, 0.5) is 0 Å². The third-order valence-electron chi connectivity index (χ3n) is 4.80. The lowest BCUT2D eigenvalue weighted by Gasteiger charge is -2.36. The van der Waals surface area contributed by atoms with Gasteiger partial charge in [-0.2, -0.15) is 0 Å². The highest BCUT2D eigenvalue weighted by Gasteiger charge is 2.31. The highest BCUT2D eigenvalue weighted by atomic mass is 14.6. The maximum atomic E-state index is 4.21. The Morgan fingerprint density at radius 1 is 0.769 bits per heavy atom. The monoisotopic (exact) mass is 353 g/mol. The van der Waals surface area contributed by atoms with Gasteiger partial charge in [-0.1, -0.05) is 85.7 Å². The third-order valence-corrected chi connectivity index (χ3v) is 4.80. The molecule has 1 nitrogen and oxygen atoms in total. The van der Waals surface area contributed by atoms with Crippen LogP contribution >= 0.6 is 0 Å². The first kappa shape index (κ1) is 22.4. The van der Waals surface area contributed by atoms with E-state index in [2.05, 4.69) is 89.0 Å². The van der Waals surface area contributed by atoms with Crippen molar-refractivity contribution in [2.24, 2.45) is 10.8 Å². The Hall–Kier alpha value is -1.63. The zero-order valence-corrected chi connectivity index (χ0v) is 18.2. The van der Waals surface area contributed by atoms with Crippen LogP contribution in [0.1, 0.15) is 91.2 Å². The maximum absolute atomic E-state index is 4.21. The van der Waals surface area contributed by atoms with E-state index in [0.29, 0.717) is 17.3 Å². The molecular formula is C25H39N. The highest BCUT2D eigenvalue weighted by molar-refractivity contribution is 5.24. The number of aromatic nitrogens is 1. The molecule has 1 aromatic carbocycles. The molecule has 0 aliphatic rings. The molecule has 2 atom stereocenters. The molecule has 0 spiro atoms. The Bertz CT molecular complexity index is 602. The lowest BCUT2D eigenvalue weighted by Crippen LogP contribution is -2.23. The predicted molar refractivity (Wildman–Crippen MR) is 116 cm³/mol. The molecule has 1 aromatic heterocycles. The second-order valence-electron chi connectivity index (χ2n) is 9.31. The molecule has 0 fully saturated rings. The van der Waals surface area contributed by atoms with Crippen LogP contribution in [0.3, 0.4) is 0 Å². The van der Waals surface area contributed by atoms with Crippen LogP contribution in [-0.2, 0) is 0 Å². The Balaban J connectivity index is 0.00000163. The summed E-state index contributed by atoms with van der Waals surface area (Å²) < 4.78 is 0. The van der Waals surface area contributed by atoms with E-state index in [1.165, 1.54) is 24.0 Å². The minimum atomic E-state index is 0.241. The quantitative estimate of drug-likeness (QED) is 0.533. The molecular weight excluding hydrogens is 314 g/mol. The van der Waals surface area contributed by atoms with Gasteiger partial charge in [0.05, 0.1) is 0 Å². The number of hydrogen-bond acceptors (Lipinski definition) is 1. The average molecular weight is 354 g/mol. The van der Waals surface area contributed by atoms with Gasteiger partial charge in [0.2, 0.25) is 0 Å². The molecule has 144 valence electrons. The molecule has 26 heavy (non-hydrogen) atoms. The number of rotatable bonds is 5. The Morgan fingerprint density at radius 3 is 1.77 bits per heavy atom. The first-order valence-corrected chi connectivity index (χ1v) is 10.1. The molecule has 0 amide bonds. The van der Waals surface area contributed by atoms with E-state index in [1.54, 1.807) is 0 Å². The largest absolute Gasteiger partial charge is 0.265 e. The summed E-state index contributed by atoms with van der Waals surface area (Å²) in [6.07, 6.45) is 6.23. The van der Waals surface area contributed by atoms with Gasteiger partial charge in [0.15, 0.2) is 0 Å².